The number of carbonyl (C=O) groups is 1. The molecule has 0 aliphatic carbocycles. The molecule has 2 unspecified atom stereocenters. The van der Waals surface area contributed by atoms with Crippen molar-refractivity contribution < 1.29 is 14.3 Å². The zero-order valence-electron chi connectivity index (χ0n) is 11.2. The highest BCUT2D eigenvalue weighted by atomic mass is 19.1. The van der Waals surface area contributed by atoms with Gasteiger partial charge in [0.2, 0.25) is 0 Å². The Balaban J connectivity index is 2.36. The minimum absolute atomic E-state index is 0.0144. The Bertz CT molecular complexity index is 465. The summed E-state index contributed by atoms with van der Waals surface area (Å²) >= 11 is 0. The zero-order chi connectivity index (χ0) is 14.0. The van der Waals surface area contributed by atoms with Crippen molar-refractivity contribution in [2.24, 2.45) is 0 Å². The molecule has 1 saturated heterocycles. The van der Waals surface area contributed by atoms with Gasteiger partial charge in [0.15, 0.2) is 6.29 Å². The van der Waals surface area contributed by atoms with Crippen LogP contribution in [-0.4, -0.2) is 55.6 Å². The minimum Gasteiger partial charge on any atom is -0.391 e. The van der Waals surface area contributed by atoms with Gasteiger partial charge in [-0.2, -0.15) is 0 Å². The lowest BCUT2D eigenvalue weighted by atomic mass is 10.1. The van der Waals surface area contributed by atoms with Crippen LogP contribution < -0.4 is 4.90 Å². The lowest BCUT2D eigenvalue weighted by molar-refractivity contribution is 0.112. The average molecular weight is 266 g/mol. The maximum Gasteiger partial charge on any atom is 0.152 e. The van der Waals surface area contributed by atoms with Gasteiger partial charge < -0.3 is 14.9 Å². The standard InChI is InChI=1S/C14H19FN2O2/c1-16(2)7-11-6-12(19)8-17(11)14-10(9-18)4-3-5-13(14)15/h3-5,9,11-12,19H,6-8H2,1-2H3. The molecule has 0 saturated carbocycles. The Morgan fingerprint density at radius 3 is 2.89 bits per heavy atom. The molecule has 2 atom stereocenters. The number of likely N-dealkylation sites (N-methyl/N-ethyl adjacent to an activating group) is 1. The van der Waals surface area contributed by atoms with E-state index in [4.69, 9.17) is 0 Å². The number of aldehydes is 1. The van der Waals surface area contributed by atoms with Gasteiger partial charge >= 0.3 is 0 Å². The largest absolute Gasteiger partial charge is 0.391 e. The minimum atomic E-state index is -0.482. The van der Waals surface area contributed by atoms with E-state index >= 15 is 0 Å². The first-order valence-corrected chi connectivity index (χ1v) is 6.36. The van der Waals surface area contributed by atoms with Crippen molar-refractivity contribution in [1.82, 2.24) is 4.90 Å². The highest BCUT2D eigenvalue weighted by Crippen LogP contribution is 2.31. The van der Waals surface area contributed by atoms with Crippen LogP contribution in [0, 0.1) is 5.82 Å². The Labute approximate surface area is 112 Å². The van der Waals surface area contributed by atoms with Crippen LogP contribution in [0.5, 0.6) is 0 Å². The summed E-state index contributed by atoms with van der Waals surface area (Å²) in [5.74, 6) is -0.414. The van der Waals surface area contributed by atoms with E-state index in [0.29, 0.717) is 37.0 Å². The molecule has 19 heavy (non-hydrogen) atoms. The van der Waals surface area contributed by atoms with Crippen LogP contribution in [0.2, 0.25) is 0 Å². The van der Waals surface area contributed by atoms with Crippen molar-refractivity contribution in [1.29, 1.82) is 0 Å². The number of halogens is 1. The molecule has 1 N–H and O–H groups in total. The molecule has 0 bridgehead atoms. The molecule has 1 aliphatic heterocycles. The lowest BCUT2D eigenvalue weighted by Crippen LogP contribution is -2.38. The third-order valence-corrected chi connectivity index (χ3v) is 3.40. The fourth-order valence-electron chi connectivity index (χ4n) is 2.69. The zero-order valence-corrected chi connectivity index (χ0v) is 11.2. The first-order chi connectivity index (χ1) is 9.02. The molecule has 104 valence electrons. The summed E-state index contributed by atoms with van der Waals surface area (Å²) in [5.41, 5.74) is 0.638. The second-order valence-corrected chi connectivity index (χ2v) is 5.25. The van der Waals surface area contributed by atoms with Crippen molar-refractivity contribution in [3.05, 3.63) is 29.6 Å². The van der Waals surface area contributed by atoms with Crippen molar-refractivity contribution in [3.8, 4) is 0 Å². The first kappa shape index (κ1) is 14.0. The van der Waals surface area contributed by atoms with E-state index in [1.807, 2.05) is 23.9 Å². The van der Waals surface area contributed by atoms with Crippen LogP contribution in [0.15, 0.2) is 18.2 Å². The van der Waals surface area contributed by atoms with E-state index in [9.17, 15) is 14.3 Å². The number of β-amino-alcohol motifs (C(OH)–C–C–N with tert-alkyl or cyclic N) is 1. The number of nitrogens with zero attached hydrogens (tertiary/aromatic N) is 2. The van der Waals surface area contributed by atoms with Gasteiger partial charge in [-0.15, -0.1) is 0 Å². The molecule has 5 heteroatoms. The summed E-state index contributed by atoms with van der Waals surface area (Å²) in [6, 6.07) is 4.49. The molecule has 2 rings (SSSR count). The molecule has 1 aromatic rings. The average Bonchev–Trinajstić information content (AvgIpc) is 2.68. The van der Waals surface area contributed by atoms with Crippen LogP contribution in [0.4, 0.5) is 10.1 Å². The second-order valence-electron chi connectivity index (χ2n) is 5.25. The van der Waals surface area contributed by atoms with Gasteiger partial charge in [-0.1, -0.05) is 6.07 Å². The Morgan fingerprint density at radius 2 is 2.26 bits per heavy atom. The molecule has 0 aromatic heterocycles. The quantitative estimate of drug-likeness (QED) is 0.830. The smallest absolute Gasteiger partial charge is 0.152 e. The van der Waals surface area contributed by atoms with E-state index < -0.39 is 11.9 Å². The van der Waals surface area contributed by atoms with Crippen molar-refractivity contribution >= 4 is 12.0 Å². The SMILES string of the molecule is CN(C)CC1CC(O)CN1c1c(F)cccc1C=O. The summed E-state index contributed by atoms with van der Waals surface area (Å²) in [5, 5.41) is 9.83. The van der Waals surface area contributed by atoms with Crippen molar-refractivity contribution in [3.63, 3.8) is 0 Å². The fraction of sp³-hybridized carbons (Fsp3) is 0.500. The van der Waals surface area contributed by atoms with Gasteiger partial charge in [0, 0.05) is 24.7 Å². The van der Waals surface area contributed by atoms with Gasteiger partial charge in [0.05, 0.1) is 11.8 Å². The summed E-state index contributed by atoms with van der Waals surface area (Å²) < 4.78 is 14.0. The van der Waals surface area contributed by atoms with Crippen molar-refractivity contribution in [2.45, 2.75) is 18.6 Å². The van der Waals surface area contributed by atoms with Crippen LogP contribution in [0.25, 0.3) is 0 Å². The van der Waals surface area contributed by atoms with E-state index in [1.165, 1.54) is 12.1 Å². The van der Waals surface area contributed by atoms with Gasteiger partial charge in [-0.25, -0.2) is 4.39 Å². The third kappa shape index (κ3) is 2.93. The van der Waals surface area contributed by atoms with Gasteiger partial charge in [-0.3, -0.25) is 4.79 Å². The molecule has 0 amide bonds. The van der Waals surface area contributed by atoms with Gasteiger partial charge in [0.1, 0.15) is 5.82 Å². The Morgan fingerprint density at radius 1 is 1.53 bits per heavy atom. The van der Waals surface area contributed by atoms with Crippen LogP contribution in [0.3, 0.4) is 0 Å². The number of carbonyl (C=O) groups excluding carboxylic acids is 1. The van der Waals surface area contributed by atoms with E-state index in [1.54, 1.807) is 6.07 Å². The fourth-order valence-corrected chi connectivity index (χ4v) is 2.69. The molecule has 1 heterocycles. The molecule has 1 aromatic carbocycles. The van der Waals surface area contributed by atoms with E-state index in [0.717, 1.165) is 0 Å². The molecular weight excluding hydrogens is 247 g/mol. The molecule has 1 fully saturated rings. The number of rotatable bonds is 4. The maximum atomic E-state index is 14.0. The predicted molar refractivity (Wildman–Crippen MR) is 72.1 cm³/mol. The first-order valence-electron chi connectivity index (χ1n) is 6.36. The summed E-state index contributed by atoms with van der Waals surface area (Å²) in [4.78, 5) is 14.9. The van der Waals surface area contributed by atoms with Crippen LogP contribution in [0.1, 0.15) is 16.8 Å². The normalized spacial score (nSPS) is 23.1. The highest BCUT2D eigenvalue weighted by molar-refractivity contribution is 5.85. The molecule has 0 radical (unpaired) electrons. The Hall–Kier alpha value is -1.46. The molecule has 4 nitrogen and oxygen atoms in total. The van der Waals surface area contributed by atoms with Crippen LogP contribution >= 0.6 is 0 Å². The summed E-state index contributed by atoms with van der Waals surface area (Å²) in [6.45, 7) is 1.07. The molecule has 1 aliphatic rings. The van der Waals surface area contributed by atoms with Crippen molar-refractivity contribution in [2.75, 3.05) is 32.1 Å². The van der Waals surface area contributed by atoms with Crippen LogP contribution in [-0.2, 0) is 0 Å². The Kier molecular flexibility index (Phi) is 4.17. The number of aliphatic hydroxyl groups is 1. The number of hydrogen-bond donors (Lipinski definition) is 1. The predicted octanol–water partition coefficient (Wildman–Crippen LogP) is 1.14. The van der Waals surface area contributed by atoms with Gasteiger partial charge in [-0.05, 0) is 32.6 Å². The van der Waals surface area contributed by atoms with E-state index in [-0.39, 0.29) is 6.04 Å². The lowest BCUT2D eigenvalue weighted by Gasteiger charge is -2.29. The second kappa shape index (κ2) is 5.67. The number of anilines is 1. The highest BCUT2D eigenvalue weighted by Gasteiger charge is 2.33. The third-order valence-electron chi connectivity index (χ3n) is 3.40. The summed E-state index contributed by atoms with van der Waals surface area (Å²) in [7, 11) is 3.87. The number of hydrogen-bond acceptors (Lipinski definition) is 4. The number of aliphatic hydroxyl groups excluding tert-OH is 1. The van der Waals surface area contributed by atoms with Gasteiger partial charge in [0.25, 0.3) is 0 Å². The molecular formula is C14H19FN2O2. The maximum absolute atomic E-state index is 14.0. The number of benzene rings is 1. The molecule has 0 spiro atoms. The topological polar surface area (TPSA) is 43.8 Å². The number of para-hydroxylation sites is 1. The monoisotopic (exact) mass is 266 g/mol. The van der Waals surface area contributed by atoms with E-state index in [2.05, 4.69) is 0 Å². The summed E-state index contributed by atoms with van der Waals surface area (Å²) in [6.07, 6.45) is 0.768.